The van der Waals surface area contributed by atoms with Crippen molar-refractivity contribution in [3.8, 4) is 11.5 Å². The van der Waals surface area contributed by atoms with Gasteiger partial charge in [0, 0.05) is 24.1 Å². The Labute approximate surface area is 155 Å². The maximum atomic E-state index is 12.3. The van der Waals surface area contributed by atoms with Crippen molar-refractivity contribution in [3.63, 3.8) is 0 Å². The molecule has 1 amide bonds. The van der Waals surface area contributed by atoms with Crippen molar-refractivity contribution in [2.75, 3.05) is 0 Å². The number of para-hydroxylation sites is 2. The van der Waals surface area contributed by atoms with Gasteiger partial charge in [-0.3, -0.25) is 4.79 Å². The molecule has 0 heterocycles. The van der Waals surface area contributed by atoms with Gasteiger partial charge in [-0.25, -0.2) is 0 Å². The van der Waals surface area contributed by atoms with E-state index in [1.165, 1.54) is 0 Å². The predicted molar refractivity (Wildman–Crippen MR) is 102 cm³/mol. The van der Waals surface area contributed by atoms with Crippen LogP contribution in [0.25, 0.3) is 0 Å². The van der Waals surface area contributed by atoms with E-state index in [0.717, 1.165) is 41.9 Å². The Kier molecular flexibility index (Phi) is 6.85. The molecule has 0 saturated heterocycles. The van der Waals surface area contributed by atoms with Crippen molar-refractivity contribution in [2.24, 2.45) is 11.7 Å². The van der Waals surface area contributed by atoms with Crippen LogP contribution in [0, 0.1) is 12.8 Å². The first-order chi connectivity index (χ1) is 11.6. The van der Waals surface area contributed by atoms with Gasteiger partial charge in [0.2, 0.25) is 5.91 Å². The van der Waals surface area contributed by atoms with E-state index in [-0.39, 0.29) is 30.3 Å². The molecule has 4 nitrogen and oxygen atoms in total. The molecule has 1 aliphatic carbocycles. The van der Waals surface area contributed by atoms with Crippen LogP contribution in [0.15, 0.2) is 48.5 Å². The Hall–Kier alpha value is -2.04. The summed E-state index contributed by atoms with van der Waals surface area (Å²) in [6.45, 7) is 2.48. The smallest absolute Gasteiger partial charge is 0.223 e. The zero-order valence-electron chi connectivity index (χ0n) is 14.4. The molecule has 0 spiro atoms. The van der Waals surface area contributed by atoms with Gasteiger partial charge in [-0.05, 0) is 43.9 Å². The van der Waals surface area contributed by atoms with E-state index in [1.807, 2.05) is 55.5 Å². The largest absolute Gasteiger partial charge is 0.457 e. The molecule has 0 radical (unpaired) electrons. The highest BCUT2D eigenvalue weighted by molar-refractivity contribution is 5.85. The molecule has 3 rings (SSSR count). The number of aryl methyl sites for hydroxylation is 1. The normalized spacial score (nSPS) is 19.1. The van der Waals surface area contributed by atoms with Crippen molar-refractivity contribution in [3.05, 3.63) is 59.7 Å². The highest BCUT2D eigenvalue weighted by Gasteiger charge is 2.27. The monoisotopic (exact) mass is 360 g/mol. The molecule has 1 fully saturated rings. The molecule has 2 aromatic carbocycles. The van der Waals surface area contributed by atoms with Crippen LogP contribution in [0.1, 0.15) is 30.4 Å². The van der Waals surface area contributed by atoms with E-state index >= 15 is 0 Å². The number of ether oxygens (including phenoxy) is 1. The van der Waals surface area contributed by atoms with E-state index in [1.54, 1.807) is 0 Å². The maximum Gasteiger partial charge on any atom is 0.223 e. The lowest BCUT2D eigenvalue weighted by molar-refractivity contribution is -0.125. The molecule has 1 saturated carbocycles. The number of benzene rings is 2. The minimum Gasteiger partial charge on any atom is -0.457 e. The van der Waals surface area contributed by atoms with Gasteiger partial charge >= 0.3 is 0 Å². The number of carbonyl (C=O) groups is 1. The second-order valence-electron chi connectivity index (χ2n) is 6.46. The lowest BCUT2D eigenvalue weighted by Crippen LogP contribution is -2.30. The molecule has 25 heavy (non-hydrogen) atoms. The third-order valence-corrected chi connectivity index (χ3v) is 4.58. The maximum absolute atomic E-state index is 12.3. The van der Waals surface area contributed by atoms with Gasteiger partial charge in [0.25, 0.3) is 0 Å². The molecule has 134 valence electrons. The average Bonchev–Trinajstić information content (AvgIpc) is 3.02. The van der Waals surface area contributed by atoms with Crippen molar-refractivity contribution >= 4 is 18.3 Å². The van der Waals surface area contributed by atoms with E-state index < -0.39 is 0 Å². The first-order valence-electron chi connectivity index (χ1n) is 8.48. The number of carbonyl (C=O) groups excluding carboxylic acids is 1. The summed E-state index contributed by atoms with van der Waals surface area (Å²) in [6.07, 6.45) is 2.60. The number of nitrogens with one attached hydrogen (secondary N) is 1. The average molecular weight is 361 g/mol. The highest BCUT2D eigenvalue weighted by atomic mass is 35.5. The van der Waals surface area contributed by atoms with Crippen molar-refractivity contribution in [1.82, 2.24) is 5.32 Å². The summed E-state index contributed by atoms with van der Waals surface area (Å²) in [7, 11) is 0. The summed E-state index contributed by atoms with van der Waals surface area (Å²) < 4.78 is 6.04. The number of nitrogens with two attached hydrogens (primary N) is 1. The Bertz CT molecular complexity index is 720. The summed E-state index contributed by atoms with van der Waals surface area (Å²) in [6, 6.07) is 15.9. The molecule has 5 heteroatoms. The third-order valence-electron chi connectivity index (χ3n) is 4.58. The SMILES string of the molecule is Cc1ccccc1Oc1ccccc1CNC(=O)C1CCC(N)C1.Cl. The fraction of sp³-hybridized carbons (Fsp3) is 0.350. The summed E-state index contributed by atoms with van der Waals surface area (Å²) >= 11 is 0. The molecule has 2 aromatic rings. The number of rotatable bonds is 5. The second kappa shape index (κ2) is 8.88. The van der Waals surface area contributed by atoms with Crippen molar-refractivity contribution < 1.29 is 9.53 Å². The lowest BCUT2D eigenvalue weighted by Gasteiger charge is -2.15. The second-order valence-corrected chi connectivity index (χ2v) is 6.46. The fourth-order valence-electron chi connectivity index (χ4n) is 3.12. The zero-order valence-corrected chi connectivity index (χ0v) is 15.2. The minimum absolute atomic E-state index is 0. The molecule has 0 aromatic heterocycles. The van der Waals surface area contributed by atoms with Gasteiger partial charge in [0.15, 0.2) is 0 Å². The summed E-state index contributed by atoms with van der Waals surface area (Å²) in [5.74, 6) is 1.74. The Morgan fingerprint density at radius 3 is 2.48 bits per heavy atom. The molecule has 0 bridgehead atoms. The molecule has 2 atom stereocenters. The zero-order chi connectivity index (χ0) is 16.9. The summed E-state index contributed by atoms with van der Waals surface area (Å²) in [5.41, 5.74) is 7.94. The molecule has 0 aliphatic heterocycles. The number of hydrogen-bond acceptors (Lipinski definition) is 3. The summed E-state index contributed by atoms with van der Waals surface area (Å²) in [4.78, 5) is 12.3. The van der Waals surface area contributed by atoms with Gasteiger partial charge in [0.05, 0.1) is 0 Å². The fourth-order valence-corrected chi connectivity index (χ4v) is 3.12. The Morgan fingerprint density at radius 2 is 1.80 bits per heavy atom. The van der Waals surface area contributed by atoms with E-state index in [9.17, 15) is 4.79 Å². The Balaban J connectivity index is 0.00000225. The van der Waals surface area contributed by atoms with Crippen LogP contribution in [-0.2, 0) is 11.3 Å². The number of amides is 1. The minimum atomic E-state index is 0. The van der Waals surface area contributed by atoms with Gasteiger partial charge in [0.1, 0.15) is 11.5 Å². The van der Waals surface area contributed by atoms with Crippen LogP contribution in [0.5, 0.6) is 11.5 Å². The van der Waals surface area contributed by atoms with Crippen LogP contribution in [0.3, 0.4) is 0 Å². The van der Waals surface area contributed by atoms with Crippen LogP contribution < -0.4 is 15.8 Å². The first-order valence-corrected chi connectivity index (χ1v) is 8.48. The molecular weight excluding hydrogens is 336 g/mol. The number of hydrogen-bond donors (Lipinski definition) is 2. The van der Waals surface area contributed by atoms with Gasteiger partial charge in [-0.15, -0.1) is 12.4 Å². The lowest BCUT2D eigenvalue weighted by atomic mass is 10.1. The summed E-state index contributed by atoms with van der Waals surface area (Å²) in [5, 5.41) is 3.03. The molecule has 3 N–H and O–H groups in total. The quantitative estimate of drug-likeness (QED) is 0.848. The molecule has 2 unspecified atom stereocenters. The van der Waals surface area contributed by atoms with Gasteiger partial charge in [-0.1, -0.05) is 36.4 Å². The highest BCUT2D eigenvalue weighted by Crippen LogP contribution is 2.28. The van der Waals surface area contributed by atoms with E-state index in [2.05, 4.69) is 5.32 Å². The van der Waals surface area contributed by atoms with Crippen LogP contribution in [0.4, 0.5) is 0 Å². The first kappa shape index (κ1) is 19.3. The number of halogens is 1. The van der Waals surface area contributed by atoms with Gasteiger partial charge in [-0.2, -0.15) is 0 Å². The predicted octanol–water partition coefficient (Wildman–Crippen LogP) is 3.95. The van der Waals surface area contributed by atoms with Crippen LogP contribution in [-0.4, -0.2) is 11.9 Å². The van der Waals surface area contributed by atoms with Crippen LogP contribution >= 0.6 is 12.4 Å². The van der Waals surface area contributed by atoms with E-state index in [0.29, 0.717) is 6.54 Å². The van der Waals surface area contributed by atoms with Gasteiger partial charge < -0.3 is 15.8 Å². The Morgan fingerprint density at radius 1 is 1.12 bits per heavy atom. The third kappa shape index (κ3) is 4.97. The van der Waals surface area contributed by atoms with Crippen LogP contribution in [0.2, 0.25) is 0 Å². The standard InChI is InChI=1S/C20H24N2O2.ClH/c1-14-6-2-4-8-18(14)24-19-9-5-3-7-16(19)13-22-20(23)15-10-11-17(21)12-15;/h2-9,15,17H,10-13,21H2,1H3,(H,22,23);1H. The van der Waals surface area contributed by atoms with Crippen molar-refractivity contribution in [2.45, 2.75) is 38.8 Å². The topological polar surface area (TPSA) is 64.3 Å². The van der Waals surface area contributed by atoms with E-state index in [4.69, 9.17) is 10.5 Å². The van der Waals surface area contributed by atoms with Crippen molar-refractivity contribution in [1.29, 1.82) is 0 Å². The molecule has 1 aliphatic rings. The molecular formula is C20H25ClN2O2.